The lowest BCUT2D eigenvalue weighted by Crippen LogP contribution is -2.54. The van der Waals surface area contributed by atoms with E-state index in [0.717, 1.165) is 17.7 Å². The summed E-state index contributed by atoms with van der Waals surface area (Å²) >= 11 is 0. The van der Waals surface area contributed by atoms with Gasteiger partial charge in [0.1, 0.15) is 11.5 Å². The molecule has 0 saturated carbocycles. The summed E-state index contributed by atoms with van der Waals surface area (Å²) in [5, 5.41) is 0. The molecule has 2 aromatic carbocycles. The van der Waals surface area contributed by atoms with Crippen molar-refractivity contribution in [3.8, 4) is 11.5 Å². The van der Waals surface area contributed by atoms with E-state index in [1.165, 1.54) is 11.3 Å². The molecule has 33 heavy (non-hydrogen) atoms. The normalized spacial score (nSPS) is 17.3. The molecule has 1 aromatic heterocycles. The first-order valence-corrected chi connectivity index (χ1v) is 12.8. The van der Waals surface area contributed by atoms with Crippen molar-refractivity contribution >= 4 is 22.4 Å². The van der Waals surface area contributed by atoms with Gasteiger partial charge < -0.3 is 14.2 Å². The second kappa shape index (κ2) is 9.91. The average molecular weight is 466 g/mol. The van der Waals surface area contributed by atoms with E-state index in [1.807, 2.05) is 43.0 Å². The highest BCUT2D eigenvalue weighted by atomic mass is 32.2. The van der Waals surface area contributed by atoms with Gasteiger partial charge in [-0.05, 0) is 57.5 Å². The summed E-state index contributed by atoms with van der Waals surface area (Å²) in [6.45, 7) is 10.1. The third-order valence-corrected chi connectivity index (χ3v) is 7.25. The van der Waals surface area contributed by atoms with Gasteiger partial charge in [0.15, 0.2) is 0 Å². The molecule has 2 heterocycles. The summed E-state index contributed by atoms with van der Waals surface area (Å²) in [7, 11) is -1.35. The minimum Gasteiger partial charge on any atom is -0.441 e. The maximum atomic E-state index is 12.9. The monoisotopic (exact) mass is 465 g/mol. The highest BCUT2D eigenvalue weighted by Gasteiger charge is 2.28. The number of amides is 1. The summed E-state index contributed by atoms with van der Waals surface area (Å²) in [5.74, 6) is 1.32. The quantitative estimate of drug-likeness (QED) is 0.544. The number of carbonyl (C=O) groups is 1. The number of hydrogen-bond acceptors (Lipinski definition) is 5. The van der Waals surface area contributed by atoms with Crippen LogP contribution >= 0.6 is 0 Å². The summed E-state index contributed by atoms with van der Waals surface area (Å²) in [5.41, 5.74) is 5.11. The van der Waals surface area contributed by atoms with Gasteiger partial charge in [-0.25, -0.2) is 4.98 Å². The molecule has 1 fully saturated rings. The zero-order valence-corrected chi connectivity index (χ0v) is 20.5. The van der Waals surface area contributed by atoms with Gasteiger partial charge in [-0.2, -0.15) is 0 Å². The second-order valence-electron chi connectivity index (χ2n) is 8.84. The molecule has 0 aliphatic carbocycles. The number of piperazine rings is 1. The van der Waals surface area contributed by atoms with Crippen molar-refractivity contribution in [3.63, 3.8) is 0 Å². The first-order valence-electron chi connectivity index (χ1n) is 11.3. The maximum Gasteiger partial charge on any atom is 0.235 e. The number of aryl methyl sites for hydroxylation is 3. The highest BCUT2D eigenvalue weighted by Crippen LogP contribution is 2.24. The predicted molar refractivity (Wildman–Crippen MR) is 133 cm³/mol. The SMILES string of the molecule is Cc1ccc(-c2nc(C[S@](=O)CC(=O)N3CCN(c4cccc(C)c4)[C@@H](C)C3)c(C)o2)cc1. The van der Waals surface area contributed by atoms with E-state index < -0.39 is 10.8 Å². The van der Waals surface area contributed by atoms with Crippen LogP contribution in [0.25, 0.3) is 11.5 Å². The van der Waals surface area contributed by atoms with Crippen molar-refractivity contribution in [1.82, 2.24) is 9.88 Å². The molecule has 0 N–H and O–H groups in total. The standard InChI is InChI=1S/C26H31N3O3S/c1-18-8-10-22(11-9-18)26-27-24(21(4)32-26)16-33(31)17-25(30)28-12-13-29(20(3)15-28)23-7-5-6-19(2)14-23/h5-11,14,20H,12-13,15-17H2,1-4H3/t20-,33-/m0/s1. The van der Waals surface area contributed by atoms with Gasteiger partial charge in [0, 0.05) is 47.7 Å². The van der Waals surface area contributed by atoms with Gasteiger partial charge >= 0.3 is 0 Å². The lowest BCUT2D eigenvalue weighted by atomic mass is 10.1. The fraction of sp³-hybridized carbons (Fsp3) is 0.385. The van der Waals surface area contributed by atoms with Crippen molar-refractivity contribution < 1.29 is 13.4 Å². The Morgan fingerprint density at radius 1 is 1.09 bits per heavy atom. The molecular weight excluding hydrogens is 434 g/mol. The molecule has 0 radical (unpaired) electrons. The van der Waals surface area contributed by atoms with Crippen molar-refractivity contribution in [2.45, 2.75) is 39.5 Å². The largest absolute Gasteiger partial charge is 0.441 e. The second-order valence-corrected chi connectivity index (χ2v) is 10.3. The highest BCUT2D eigenvalue weighted by molar-refractivity contribution is 7.84. The summed E-state index contributed by atoms with van der Waals surface area (Å²) in [6.07, 6.45) is 0. The minimum absolute atomic E-state index is 0.00330. The predicted octanol–water partition coefficient (Wildman–Crippen LogP) is 4.25. The average Bonchev–Trinajstić information content (AvgIpc) is 3.14. The number of hydrogen-bond donors (Lipinski definition) is 0. The number of rotatable bonds is 6. The molecule has 1 saturated heterocycles. The Balaban J connectivity index is 1.34. The van der Waals surface area contributed by atoms with E-state index in [9.17, 15) is 9.00 Å². The van der Waals surface area contributed by atoms with E-state index in [2.05, 4.69) is 48.0 Å². The van der Waals surface area contributed by atoms with Crippen LogP contribution in [0.2, 0.25) is 0 Å². The van der Waals surface area contributed by atoms with Gasteiger partial charge in [-0.3, -0.25) is 9.00 Å². The molecule has 6 nitrogen and oxygen atoms in total. The van der Waals surface area contributed by atoms with Gasteiger partial charge in [-0.1, -0.05) is 29.8 Å². The maximum absolute atomic E-state index is 12.9. The smallest absolute Gasteiger partial charge is 0.235 e. The van der Waals surface area contributed by atoms with Crippen molar-refractivity contribution in [1.29, 1.82) is 0 Å². The van der Waals surface area contributed by atoms with Crippen LogP contribution in [0.15, 0.2) is 52.9 Å². The van der Waals surface area contributed by atoms with Gasteiger partial charge in [-0.15, -0.1) is 0 Å². The van der Waals surface area contributed by atoms with E-state index in [4.69, 9.17) is 4.42 Å². The minimum atomic E-state index is -1.35. The Morgan fingerprint density at radius 2 is 1.85 bits per heavy atom. The molecule has 0 bridgehead atoms. The van der Waals surface area contributed by atoms with E-state index in [0.29, 0.717) is 30.4 Å². The number of anilines is 1. The van der Waals surface area contributed by atoms with Crippen LogP contribution in [-0.2, 0) is 21.3 Å². The van der Waals surface area contributed by atoms with Crippen LogP contribution in [0.5, 0.6) is 0 Å². The lowest BCUT2D eigenvalue weighted by Gasteiger charge is -2.41. The third kappa shape index (κ3) is 5.53. The number of nitrogens with zero attached hydrogens (tertiary/aromatic N) is 3. The Hall–Kier alpha value is -2.93. The van der Waals surface area contributed by atoms with Gasteiger partial charge in [0.25, 0.3) is 0 Å². The van der Waals surface area contributed by atoms with Crippen LogP contribution in [0.4, 0.5) is 5.69 Å². The van der Waals surface area contributed by atoms with E-state index in [-0.39, 0.29) is 23.5 Å². The van der Waals surface area contributed by atoms with E-state index in [1.54, 1.807) is 0 Å². The zero-order chi connectivity index (χ0) is 23.5. The first kappa shape index (κ1) is 23.2. The van der Waals surface area contributed by atoms with Gasteiger partial charge in [0.2, 0.25) is 11.8 Å². The molecular formula is C26H31N3O3S. The fourth-order valence-corrected chi connectivity index (χ4v) is 5.32. The van der Waals surface area contributed by atoms with Crippen molar-refractivity contribution in [2.24, 2.45) is 0 Å². The molecule has 4 rings (SSSR count). The van der Waals surface area contributed by atoms with Crippen LogP contribution in [0.3, 0.4) is 0 Å². The fourth-order valence-electron chi connectivity index (χ4n) is 4.19. The van der Waals surface area contributed by atoms with Crippen LogP contribution in [0, 0.1) is 20.8 Å². The van der Waals surface area contributed by atoms with E-state index >= 15 is 0 Å². The topological polar surface area (TPSA) is 66.7 Å². The molecule has 7 heteroatoms. The third-order valence-electron chi connectivity index (χ3n) is 6.09. The molecule has 3 aromatic rings. The van der Waals surface area contributed by atoms with Gasteiger partial charge in [0.05, 0.1) is 11.4 Å². The number of oxazole rings is 1. The lowest BCUT2D eigenvalue weighted by molar-refractivity contribution is -0.129. The molecule has 2 atom stereocenters. The Bertz CT molecular complexity index is 1160. The molecule has 1 aliphatic heterocycles. The number of carbonyl (C=O) groups excluding carboxylic acids is 1. The van der Waals surface area contributed by atoms with Crippen LogP contribution in [0.1, 0.15) is 29.5 Å². The Morgan fingerprint density at radius 3 is 2.55 bits per heavy atom. The molecule has 0 spiro atoms. The summed E-state index contributed by atoms with van der Waals surface area (Å²) in [4.78, 5) is 21.6. The Kier molecular flexibility index (Phi) is 6.98. The zero-order valence-electron chi connectivity index (χ0n) is 19.7. The number of aromatic nitrogens is 1. The van der Waals surface area contributed by atoms with Crippen molar-refractivity contribution in [3.05, 3.63) is 71.1 Å². The molecule has 1 amide bonds. The van der Waals surface area contributed by atoms with Crippen LogP contribution in [-0.4, -0.2) is 51.4 Å². The molecule has 174 valence electrons. The van der Waals surface area contributed by atoms with Crippen LogP contribution < -0.4 is 4.90 Å². The van der Waals surface area contributed by atoms with Crippen molar-refractivity contribution in [2.75, 3.05) is 30.3 Å². The Labute approximate surface area is 198 Å². The summed E-state index contributed by atoms with van der Waals surface area (Å²) in [6, 6.07) is 16.6. The number of benzene rings is 2. The first-order chi connectivity index (χ1) is 15.8. The summed E-state index contributed by atoms with van der Waals surface area (Å²) < 4.78 is 18.6. The molecule has 1 aliphatic rings. The molecule has 0 unspecified atom stereocenters.